The molecule has 2 heterocycles. The topological polar surface area (TPSA) is 46.2 Å². The van der Waals surface area contributed by atoms with E-state index in [1.165, 1.54) is 0 Å². The predicted octanol–water partition coefficient (Wildman–Crippen LogP) is 2.03. The summed E-state index contributed by atoms with van der Waals surface area (Å²) in [5.74, 6) is 1.72. The van der Waals surface area contributed by atoms with Gasteiger partial charge < -0.3 is 15.4 Å². The quantitative estimate of drug-likeness (QED) is 0.838. The van der Waals surface area contributed by atoms with Crippen LogP contribution < -0.4 is 15.4 Å². The molecule has 0 aliphatic carbocycles. The lowest BCUT2D eigenvalue weighted by Gasteiger charge is -2.25. The van der Waals surface area contributed by atoms with Crippen molar-refractivity contribution in [2.45, 2.75) is 38.8 Å². The standard InChI is InChI=1S/C13H21N3O/c1-10(2)17-12-4-3-7-15-13(12)16-11-5-8-14-9-6-11/h3-4,7,10-11,14H,5-6,8-9H2,1-2H3,(H,15,16). The molecule has 1 aromatic rings. The van der Waals surface area contributed by atoms with Gasteiger partial charge in [-0.05, 0) is 51.9 Å². The number of nitrogens with one attached hydrogen (secondary N) is 2. The highest BCUT2D eigenvalue weighted by Crippen LogP contribution is 2.24. The van der Waals surface area contributed by atoms with E-state index in [0.29, 0.717) is 6.04 Å². The third-order valence-corrected chi connectivity index (χ3v) is 2.81. The SMILES string of the molecule is CC(C)Oc1cccnc1NC1CCNCC1. The Balaban J connectivity index is 2.03. The summed E-state index contributed by atoms with van der Waals surface area (Å²) in [7, 11) is 0. The van der Waals surface area contributed by atoms with Gasteiger partial charge in [0, 0.05) is 12.2 Å². The number of piperidine rings is 1. The molecule has 0 bridgehead atoms. The van der Waals surface area contributed by atoms with E-state index in [1.807, 2.05) is 26.0 Å². The number of hydrogen-bond donors (Lipinski definition) is 2. The summed E-state index contributed by atoms with van der Waals surface area (Å²) < 4.78 is 5.75. The van der Waals surface area contributed by atoms with E-state index in [0.717, 1.165) is 37.5 Å². The maximum Gasteiger partial charge on any atom is 0.168 e. The van der Waals surface area contributed by atoms with E-state index in [-0.39, 0.29) is 6.10 Å². The fourth-order valence-electron chi connectivity index (χ4n) is 2.01. The summed E-state index contributed by atoms with van der Waals surface area (Å²) in [6.07, 6.45) is 4.25. The van der Waals surface area contributed by atoms with Crippen molar-refractivity contribution < 1.29 is 4.74 Å². The second-order valence-corrected chi connectivity index (χ2v) is 4.69. The van der Waals surface area contributed by atoms with E-state index < -0.39 is 0 Å². The van der Waals surface area contributed by atoms with Crippen LogP contribution in [0.5, 0.6) is 5.75 Å². The normalized spacial score (nSPS) is 17.1. The molecule has 1 aliphatic rings. The van der Waals surface area contributed by atoms with Gasteiger partial charge in [0.05, 0.1) is 6.10 Å². The average molecular weight is 235 g/mol. The van der Waals surface area contributed by atoms with Crippen LogP contribution in [0.2, 0.25) is 0 Å². The molecule has 0 radical (unpaired) electrons. The van der Waals surface area contributed by atoms with Crippen LogP contribution in [0.1, 0.15) is 26.7 Å². The Hall–Kier alpha value is -1.29. The molecule has 4 heteroatoms. The Morgan fingerprint density at radius 2 is 2.18 bits per heavy atom. The largest absolute Gasteiger partial charge is 0.487 e. The molecule has 0 aromatic carbocycles. The number of anilines is 1. The molecule has 94 valence electrons. The fraction of sp³-hybridized carbons (Fsp3) is 0.615. The highest BCUT2D eigenvalue weighted by atomic mass is 16.5. The van der Waals surface area contributed by atoms with Gasteiger partial charge in [0.25, 0.3) is 0 Å². The zero-order valence-electron chi connectivity index (χ0n) is 10.6. The van der Waals surface area contributed by atoms with Crippen LogP contribution in [0.3, 0.4) is 0 Å². The maximum absolute atomic E-state index is 5.75. The van der Waals surface area contributed by atoms with Crippen molar-refractivity contribution in [3.8, 4) is 5.75 Å². The van der Waals surface area contributed by atoms with Gasteiger partial charge >= 0.3 is 0 Å². The first-order chi connectivity index (χ1) is 8.25. The first kappa shape index (κ1) is 12.2. The van der Waals surface area contributed by atoms with Gasteiger partial charge in [-0.1, -0.05) is 0 Å². The molecule has 0 atom stereocenters. The van der Waals surface area contributed by atoms with Gasteiger partial charge in [0.2, 0.25) is 0 Å². The van der Waals surface area contributed by atoms with E-state index in [2.05, 4.69) is 15.6 Å². The lowest BCUT2D eigenvalue weighted by atomic mass is 10.1. The molecule has 1 aliphatic heterocycles. The highest BCUT2D eigenvalue weighted by molar-refractivity contribution is 5.50. The summed E-state index contributed by atoms with van der Waals surface area (Å²) >= 11 is 0. The molecule has 1 fully saturated rings. The zero-order chi connectivity index (χ0) is 12.1. The number of aromatic nitrogens is 1. The minimum atomic E-state index is 0.174. The van der Waals surface area contributed by atoms with Gasteiger partial charge in [-0.15, -0.1) is 0 Å². The second-order valence-electron chi connectivity index (χ2n) is 4.69. The first-order valence-corrected chi connectivity index (χ1v) is 6.34. The number of nitrogens with zero attached hydrogens (tertiary/aromatic N) is 1. The summed E-state index contributed by atoms with van der Waals surface area (Å²) in [6, 6.07) is 4.38. The summed E-state index contributed by atoms with van der Waals surface area (Å²) in [5, 5.41) is 6.83. The third-order valence-electron chi connectivity index (χ3n) is 2.81. The molecule has 17 heavy (non-hydrogen) atoms. The third kappa shape index (κ3) is 3.60. The Morgan fingerprint density at radius 1 is 1.41 bits per heavy atom. The second kappa shape index (κ2) is 5.87. The number of hydrogen-bond acceptors (Lipinski definition) is 4. The van der Waals surface area contributed by atoms with E-state index in [9.17, 15) is 0 Å². The number of rotatable bonds is 4. The zero-order valence-corrected chi connectivity index (χ0v) is 10.6. The molecule has 0 unspecified atom stereocenters. The molecular formula is C13H21N3O. The predicted molar refractivity (Wildman–Crippen MR) is 69.5 cm³/mol. The van der Waals surface area contributed by atoms with Crippen LogP contribution in [0.15, 0.2) is 18.3 Å². The summed E-state index contributed by atoms with van der Waals surface area (Å²) in [6.45, 7) is 6.21. The van der Waals surface area contributed by atoms with Crippen LogP contribution in [-0.2, 0) is 0 Å². The Bertz CT molecular complexity index is 348. The number of ether oxygens (including phenoxy) is 1. The van der Waals surface area contributed by atoms with Crippen molar-refractivity contribution in [1.29, 1.82) is 0 Å². The molecule has 0 amide bonds. The van der Waals surface area contributed by atoms with Crippen molar-refractivity contribution in [3.63, 3.8) is 0 Å². The lowest BCUT2D eigenvalue weighted by molar-refractivity contribution is 0.242. The molecular weight excluding hydrogens is 214 g/mol. The molecule has 0 spiro atoms. The Kier molecular flexibility index (Phi) is 4.20. The minimum absolute atomic E-state index is 0.174. The van der Waals surface area contributed by atoms with Crippen LogP contribution in [0.4, 0.5) is 5.82 Å². The van der Waals surface area contributed by atoms with Crippen molar-refractivity contribution in [2.75, 3.05) is 18.4 Å². The molecule has 4 nitrogen and oxygen atoms in total. The molecule has 0 saturated carbocycles. The van der Waals surface area contributed by atoms with Gasteiger partial charge in [0.1, 0.15) is 0 Å². The number of pyridine rings is 1. The van der Waals surface area contributed by atoms with Crippen molar-refractivity contribution >= 4 is 5.82 Å². The van der Waals surface area contributed by atoms with Crippen molar-refractivity contribution in [2.24, 2.45) is 0 Å². The van der Waals surface area contributed by atoms with Crippen LogP contribution in [0, 0.1) is 0 Å². The fourth-order valence-corrected chi connectivity index (χ4v) is 2.01. The highest BCUT2D eigenvalue weighted by Gasteiger charge is 2.15. The first-order valence-electron chi connectivity index (χ1n) is 6.34. The lowest BCUT2D eigenvalue weighted by Crippen LogP contribution is -2.35. The molecule has 1 aromatic heterocycles. The maximum atomic E-state index is 5.75. The summed E-state index contributed by atoms with van der Waals surface area (Å²) in [4.78, 5) is 4.37. The van der Waals surface area contributed by atoms with E-state index in [1.54, 1.807) is 6.20 Å². The molecule has 2 rings (SSSR count). The monoisotopic (exact) mass is 235 g/mol. The van der Waals surface area contributed by atoms with Crippen molar-refractivity contribution in [3.05, 3.63) is 18.3 Å². The average Bonchev–Trinajstić information content (AvgIpc) is 2.32. The summed E-state index contributed by atoms with van der Waals surface area (Å²) in [5.41, 5.74) is 0. The van der Waals surface area contributed by atoms with Gasteiger partial charge in [-0.2, -0.15) is 0 Å². The van der Waals surface area contributed by atoms with Gasteiger partial charge in [0.15, 0.2) is 11.6 Å². The van der Waals surface area contributed by atoms with Crippen molar-refractivity contribution in [1.82, 2.24) is 10.3 Å². The smallest absolute Gasteiger partial charge is 0.168 e. The van der Waals surface area contributed by atoms with Gasteiger partial charge in [-0.3, -0.25) is 0 Å². The minimum Gasteiger partial charge on any atom is -0.487 e. The van der Waals surface area contributed by atoms with Crippen LogP contribution in [0.25, 0.3) is 0 Å². The van der Waals surface area contributed by atoms with E-state index in [4.69, 9.17) is 4.74 Å². The Labute approximate surface area is 103 Å². The Morgan fingerprint density at radius 3 is 2.88 bits per heavy atom. The molecule has 2 N–H and O–H groups in total. The van der Waals surface area contributed by atoms with E-state index >= 15 is 0 Å². The molecule has 1 saturated heterocycles. The van der Waals surface area contributed by atoms with Gasteiger partial charge in [-0.25, -0.2) is 4.98 Å². The van der Waals surface area contributed by atoms with Crippen LogP contribution >= 0.6 is 0 Å². The van der Waals surface area contributed by atoms with Crippen LogP contribution in [-0.4, -0.2) is 30.2 Å².